The van der Waals surface area contributed by atoms with E-state index in [0.29, 0.717) is 6.61 Å². The van der Waals surface area contributed by atoms with Gasteiger partial charge in [0.2, 0.25) is 0 Å². The van der Waals surface area contributed by atoms with E-state index in [0.717, 1.165) is 27.8 Å². The van der Waals surface area contributed by atoms with E-state index in [4.69, 9.17) is 4.74 Å². The number of halogens is 1. The second-order valence-corrected chi connectivity index (χ2v) is 4.33. The van der Waals surface area contributed by atoms with Gasteiger partial charge in [-0.2, -0.15) is 0 Å². The zero-order chi connectivity index (χ0) is 12.8. The molecule has 0 aliphatic carbocycles. The summed E-state index contributed by atoms with van der Waals surface area (Å²) in [5.41, 5.74) is 3.25. The Kier molecular flexibility index (Phi) is 5.65. The topological polar surface area (TPSA) is 37.9 Å². The van der Waals surface area contributed by atoms with Crippen LogP contribution >= 0.6 is 15.9 Å². The molecule has 0 atom stereocenters. The van der Waals surface area contributed by atoms with Crippen LogP contribution in [0.25, 0.3) is 11.0 Å². The molecule has 0 bridgehead atoms. The molecule has 0 fully saturated rings. The normalized spacial score (nSPS) is 10.2. The fourth-order valence-corrected chi connectivity index (χ4v) is 1.90. The molecule has 17 heavy (non-hydrogen) atoms. The zero-order valence-corrected chi connectivity index (χ0v) is 12.4. The van der Waals surface area contributed by atoms with Crippen LogP contribution in [-0.2, 0) is 11.3 Å². The van der Waals surface area contributed by atoms with Crippen LogP contribution in [0.2, 0.25) is 0 Å². The van der Waals surface area contributed by atoms with E-state index in [2.05, 4.69) is 38.9 Å². The van der Waals surface area contributed by atoms with Crippen LogP contribution in [0, 0.1) is 6.92 Å². The summed E-state index contributed by atoms with van der Waals surface area (Å²) in [5.74, 6) is 0. The maximum Gasteiger partial charge on any atom is 0.137 e. The van der Waals surface area contributed by atoms with Crippen molar-refractivity contribution >= 4 is 27.0 Å². The molecule has 4 heteroatoms. The van der Waals surface area contributed by atoms with Crippen LogP contribution in [0.15, 0.2) is 16.7 Å². The Bertz CT molecular complexity index is 479. The Morgan fingerprint density at radius 1 is 1.41 bits per heavy atom. The molecular weight excluding hydrogens is 280 g/mol. The highest BCUT2D eigenvalue weighted by atomic mass is 79.9. The second-order valence-electron chi connectivity index (χ2n) is 3.42. The van der Waals surface area contributed by atoms with Crippen molar-refractivity contribution in [2.45, 2.75) is 34.3 Å². The van der Waals surface area contributed by atoms with Gasteiger partial charge in [0.05, 0.1) is 6.61 Å². The van der Waals surface area contributed by atoms with Crippen molar-refractivity contribution in [2.24, 2.45) is 0 Å². The van der Waals surface area contributed by atoms with Crippen molar-refractivity contribution in [3.63, 3.8) is 0 Å². The molecule has 2 aromatic rings. The number of nitrogens with one attached hydrogen (secondary N) is 1. The van der Waals surface area contributed by atoms with E-state index in [1.54, 1.807) is 6.20 Å². The van der Waals surface area contributed by atoms with Crippen LogP contribution < -0.4 is 0 Å². The van der Waals surface area contributed by atoms with Crippen molar-refractivity contribution in [1.82, 2.24) is 9.97 Å². The number of ether oxygens (including phenoxy) is 1. The van der Waals surface area contributed by atoms with Gasteiger partial charge in [-0.15, -0.1) is 0 Å². The lowest BCUT2D eigenvalue weighted by atomic mass is 10.2. The number of H-pyrrole nitrogens is 1. The molecule has 2 heterocycles. The summed E-state index contributed by atoms with van der Waals surface area (Å²) >= 11 is 3.42. The van der Waals surface area contributed by atoms with Gasteiger partial charge < -0.3 is 9.72 Å². The SMILES string of the molecule is CC.CCOCc1[nH]c2ncc(Br)cc2c1C. The third kappa shape index (κ3) is 3.30. The highest BCUT2D eigenvalue weighted by molar-refractivity contribution is 9.10. The van der Waals surface area contributed by atoms with Gasteiger partial charge in [-0.3, -0.25) is 0 Å². The monoisotopic (exact) mass is 298 g/mol. The molecule has 0 saturated heterocycles. The quantitative estimate of drug-likeness (QED) is 0.922. The minimum Gasteiger partial charge on any atom is -0.376 e. The molecule has 2 aromatic heterocycles. The van der Waals surface area contributed by atoms with Crippen molar-refractivity contribution in [1.29, 1.82) is 0 Å². The third-order valence-corrected chi connectivity index (χ3v) is 2.86. The molecule has 0 radical (unpaired) electrons. The van der Waals surface area contributed by atoms with E-state index in [-0.39, 0.29) is 0 Å². The number of hydrogen-bond acceptors (Lipinski definition) is 2. The van der Waals surface area contributed by atoms with Crippen molar-refractivity contribution < 1.29 is 4.74 Å². The first-order chi connectivity index (χ1) is 8.22. The summed E-state index contributed by atoms with van der Waals surface area (Å²) < 4.78 is 6.39. The predicted octanol–water partition coefficient (Wildman–Crippen LogP) is 4.20. The van der Waals surface area contributed by atoms with Gasteiger partial charge in [-0.1, -0.05) is 13.8 Å². The molecule has 94 valence electrons. The van der Waals surface area contributed by atoms with E-state index in [9.17, 15) is 0 Å². The third-order valence-electron chi connectivity index (χ3n) is 2.43. The number of hydrogen-bond donors (Lipinski definition) is 1. The molecule has 0 aliphatic rings. The van der Waals surface area contributed by atoms with Gasteiger partial charge in [0, 0.05) is 28.4 Å². The van der Waals surface area contributed by atoms with Gasteiger partial charge in [0.15, 0.2) is 0 Å². The van der Waals surface area contributed by atoms with Crippen LogP contribution in [0.1, 0.15) is 32.0 Å². The first-order valence-electron chi connectivity index (χ1n) is 5.92. The number of fused-ring (bicyclic) bond motifs is 1. The lowest BCUT2D eigenvalue weighted by Crippen LogP contribution is -1.93. The summed E-state index contributed by atoms with van der Waals surface area (Å²) in [6, 6.07) is 2.07. The van der Waals surface area contributed by atoms with Crippen molar-refractivity contribution in [3.05, 3.63) is 28.0 Å². The number of nitrogens with zero attached hydrogens (tertiary/aromatic N) is 1. The maximum absolute atomic E-state index is 5.39. The Morgan fingerprint density at radius 2 is 2.12 bits per heavy atom. The minimum atomic E-state index is 0.621. The number of aryl methyl sites for hydroxylation is 1. The fourth-order valence-electron chi connectivity index (χ4n) is 1.57. The predicted molar refractivity (Wildman–Crippen MR) is 75.2 cm³/mol. The summed E-state index contributed by atoms with van der Waals surface area (Å²) in [6.45, 7) is 9.43. The van der Waals surface area contributed by atoms with Gasteiger partial charge >= 0.3 is 0 Å². The summed E-state index contributed by atoms with van der Waals surface area (Å²) in [6.07, 6.45) is 1.79. The molecule has 0 aromatic carbocycles. The first-order valence-corrected chi connectivity index (χ1v) is 6.72. The van der Waals surface area contributed by atoms with Crippen LogP contribution in [-0.4, -0.2) is 16.6 Å². The van der Waals surface area contributed by atoms with Gasteiger partial charge in [0.1, 0.15) is 5.65 Å². The number of pyridine rings is 1. The standard InChI is InChI=1S/C11H13BrN2O.C2H6/c1-3-15-6-10-7(2)9-4-8(12)5-13-11(9)14-10;1-2/h4-5H,3,6H2,1-2H3,(H,13,14);1-2H3. The molecule has 2 rings (SSSR count). The van der Waals surface area contributed by atoms with Gasteiger partial charge in [-0.05, 0) is 41.4 Å². The van der Waals surface area contributed by atoms with Crippen LogP contribution in [0.5, 0.6) is 0 Å². The Balaban J connectivity index is 0.000000686. The zero-order valence-electron chi connectivity index (χ0n) is 10.8. The maximum atomic E-state index is 5.39. The highest BCUT2D eigenvalue weighted by Gasteiger charge is 2.08. The lowest BCUT2D eigenvalue weighted by molar-refractivity contribution is 0.131. The number of rotatable bonds is 3. The summed E-state index contributed by atoms with van der Waals surface area (Å²) in [4.78, 5) is 7.58. The molecule has 0 saturated carbocycles. The highest BCUT2D eigenvalue weighted by Crippen LogP contribution is 2.23. The second kappa shape index (κ2) is 6.77. The molecule has 3 nitrogen and oxygen atoms in total. The molecule has 1 N–H and O–H groups in total. The summed E-state index contributed by atoms with van der Waals surface area (Å²) in [5, 5.41) is 1.15. The lowest BCUT2D eigenvalue weighted by Gasteiger charge is -1.99. The van der Waals surface area contributed by atoms with Gasteiger partial charge in [0.25, 0.3) is 0 Å². The van der Waals surface area contributed by atoms with E-state index in [1.165, 1.54) is 5.56 Å². The number of aromatic nitrogens is 2. The van der Waals surface area contributed by atoms with Gasteiger partial charge in [-0.25, -0.2) is 4.98 Å². The number of aromatic amines is 1. The van der Waals surface area contributed by atoms with E-state index < -0.39 is 0 Å². The first kappa shape index (κ1) is 14.2. The minimum absolute atomic E-state index is 0.621. The smallest absolute Gasteiger partial charge is 0.137 e. The molecular formula is C13H19BrN2O. The van der Waals surface area contributed by atoms with Crippen molar-refractivity contribution in [3.8, 4) is 0 Å². The van der Waals surface area contributed by atoms with Crippen LogP contribution in [0.3, 0.4) is 0 Å². The van der Waals surface area contributed by atoms with Crippen LogP contribution in [0.4, 0.5) is 0 Å². The fraction of sp³-hybridized carbons (Fsp3) is 0.462. The molecule has 0 aliphatic heterocycles. The Morgan fingerprint density at radius 3 is 2.76 bits per heavy atom. The van der Waals surface area contributed by atoms with E-state index >= 15 is 0 Å². The molecule has 0 amide bonds. The average Bonchev–Trinajstić information content (AvgIpc) is 2.66. The Hall–Kier alpha value is -0.870. The summed E-state index contributed by atoms with van der Waals surface area (Å²) in [7, 11) is 0. The molecule has 0 unspecified atom stereocenters. The molecule has 0 spiro atoms. The van der Waals surface area contributed by atoms with E-state index in [1.807, 2.05) is 20.8 Å². The largest absolute Gasteiger partial charge is 0.376 e. The van der Waals surface area contributed by atoms with Crippen molar-refractivity contribution in [2.75, 3.05) is 6.61 Å². The Labute approximate surface area is 111 Å². The average molecular weight is 299 g/mol.